The number of carbonyl (C=O) groups is 3. The fourth-order valence-electron chi connectivity index (χ4n) is 12.1. The van der Waals surface area contributed by atoms with Crippen molar-refractivity contribution in [3.05, 3.63) is 180 Å². The standard InChI is InChI=1S/C25H27N7O.2C24H25N7O/c1-16-4-9-19-20(14-16)30-24(29-19)22-23(26)27-15-21(28-22)17-5-7-18(8-6-17)25(33)32-11-3-10-31(2)12-13-32;1-15-3-8-18-19(13-15)29-23(28-18)21-22(25)26-14-20(27-21)16-4-6-17(7-5-16)24(32)31-11-9-30(2)10-12-31;25-22-21(23-29-18-5-1-2-6-19(18)30-23)28-20(15-27-22)16-7-9-17(10-8-16)24(32)26-11-14-31-12-3-4-13-31/h4-9,14-15H,3,10-13H2,1-2H3,(H2,26,27)(H,29,30);3-8,13-14H,9-12H2,1-2H3,(H2,25,26)(H,28,29);1-2,5-10,15H,3-4,11-14H2,(H2,25,27)(H,26,32)(H,29,30). The molecule has 0 spiro atoms. The van der Waals surface area contributed by atoms with E-state index in [-0.39, 0.29) is 17.7 Å². The number of likely N-dealkylation sites (tertiary alicyclic amines) is 1. The number of amides is 3. The number of imidazole rings is 3. The van der Waals surface area contributed by atoms with E-state index in [0.717, 1.165) is 139 Å². The minimum Gasteiger partial charge on any atom is -0.382 e. The highest BCUT2D eigenvalue weighted by Crippen LogP contribution is 2.31. The fourth-order valence-corrected chi connectivity index (χ4v) is 12.1. The van der Waals surface area contributed by atoms with Crippen molar-refractivity contribution < 1.29 is 14.4 Å². The lowest BCUT2D eigenvalue weighted by molar-refractivity contribution is 0.0663. The molecule has 24 nitrogen and oxygen atoms in total. The minimum atomic E-state index is -0.0675. The molecule has 3 fully saturated rings. The van der Waals surface area contributed by atoms with Crippen LogP contribution >= 0.6 is 0 Å². The summed E-state index contributed by atoms with van der Waals surface area (Å²) in [4.78, 5) is 99.7. The molecule has 492 valence electrons. The average molecular weight is 1300 g/mol. The molecule has 24 heteroatoms. The van der Waals surface area contributed by atoms with E-state index in [4.69, 9.17) is 27.2 Å². The number of benzene rings is 6. The third kappa shape index (κ3) is 15.0. The molecule has 0 radical (unpaired) electrons. The van der Waals surface area contributed by atoms with Gasteiger partial charge >= 0.3 is 0 Å². The predicted molar refractivity (Wildman–Crippen MR) is 380 cm³/mol. The first kappa shape index (κ1) is 64.4. The molecule has 0 atom stereocenters. The average Bonchev–Trinajstić information content (AvgIpc) is 1.78. The van der Waals surface area contributed by atoms with Gasteiger partial charge in [0.15, 0.2) is 34.9 Å². The van der Waals surface area contributed by atoms with Gasteiger partial charge in [0.25, 0.3) is 17.7 Å². The molecule has 97 heavy (non-hydrogen) atoms. The van der Waals surface area contributed by atoms with Gasteiger partial charge in [0, 0.05) is 92.3 Å². The number of nitrogens with two attached hydrogens (primary N) is 3. The van der Waals surface area contributed by atoms with Crippen LogP contribution in [0.15, 0.2) is 152 Å². The van der Waals surface area contributed by atoms with Crippen molar-refractivity contribution in [2.75, 3.05) is 110 Å². The zero-order valence-electron chi connectivity index (χ0n) is 54.8. The lowest BCUT2D eigenvalue weighted by Crippen LogP contribution is -2.47. The largest absolute Gasteiger partial charge is 0.382 e. The summed E-state index contributed by atoms with van der Waals surface area (Å²) in [6.07, 6.45) is 8.41. The number of fused-ring (bicyclic) bond motifs is 3. The fraction of sp³-hybridized carbons (Fsp3) is 0.260. The highest BCUT2D eigenvalue weighted by atomic mass is 16.2. The number of nitrogens with zero attached hydrogens (tertiary/aromatic N) is 14. The second kappa shape index (κ2) is 28.7. The van der Waals surface area contributed by atoms with E-state index in [9.17, 15) is 14.4 Å². The second-order valence-corrected chi connectivity index (χ2v) is 24.9. The van der Waals surface area contributed by atoms with Crippen molar-refractivity contribution in [1.29, 1.82) is 0 Å². The molecule has 0 unspecified atom stereocenters. The molecule has 15 rings (SSSR count). The molecule has 6 aromatic heterocycles. The van der Waals surface area contributed by atoms with E-state index in [2.05, 4.69) is 84.0 Å². The summed E-state index contributed by atoms with van der Waals surface area (Å²) in [5, 5.41) is 3.00. The van der Waals surface area contributed by atoms with Crippen LogP contribution < -0.4 is 22.5 Å². The lowest BCUT2D eigenvalue weighted by atomic mass is 10.1. The molecule has 3 aliphatic rings. The Kier molecular flexibility index (Phi) is 19.1. The van der Waals surface area contributed by atoms with Gasteiger partial charge in [-0.05, 0) is 151 Å². The van der Waals surface area contributed by atoms with Gasteiger partial charge in [-0.3, -0.25) is 14.4 Å². The van der Waals surface area contributed by atoms with Crippen LogP contribution in [-0.2, 0) is 0 Å². The molecule has 6 aromatic carbocycles. The van der Waals surface area contributed by atoms with Crippen LogP contribution in [-0.4, -0.2) is 195 Å². The molecular formula is C73H77N21O3. The van der Waals surface area contributed by atoms with Crippen LogP contribution in [0.3, 0.4) is 0 Å². The normalized spacial score (nSPS) is 14.6. The van der Waals surface area contributed by atoms with Gasteiger partial charge in [-0.25, -0.2) is 44.9 Å². The zero-order valence-corrected chi connectivity index (χ0v) is 54.8. The Morgan fingerprint density at radius 1 is 0.433 bits per heavy atom. The van der Waals surface area contributed by atoms with Crippen molar-refractivity contribution in [3.63, 3.8) is 0 Å². The van der Waals surface area contributed by atoms with Crippen LogP contribution in [0, 0.1) is 13.8 Å². The van der Waals surface area contributed by atoms with Crippen molar-refractivity contribution >= 4 is 68.3 Å². The number of rotatable bonds is 12. The van der Waals surface area contributed by atoms with Crippen molar-refractivity contribution in [2.24, 2.45) is 0 Å². The molecule has 0 bridgehead atoms. The highest BCUT2D eigenvalue weighted by molar-refractivity contribution is 5.96. The Bertz CT molecular complexity index is 4770. The number of nitrogen functional groups attached to an aromatic ring is 3. The number of hydrogen-bond donors (Lipinski definition) is 7. The Labute approximate surface area is 560 Å². The van der Waals surface area contributed by atoms with Crippen molar-refractivity contribution in [1.82, 2.24) is 89.6 Å². The number of nitrogens with one attached hydrogen (secondary N) is 4. The Morgan fingerprint density at radius 2 is 0.835 bits per heavy atom. The number of aryl methyl sites for hydroxylation is 2. The van der Waals surface area contributed by atoms with Crippen molar-refractivity contribution in [3.8, 4) is 68.3 Å². The summed E-state index contributed by atoms with van der Waals surface area (Å²) in [6, 6.07) is 42.2. The van der Waals surface area contributed by atoms with Crippen LogP contribution in [0.5, 0.6) is 0 Å². The van der Waals surface area contributed by atoms with E-state index >= 15 is 0 Å². The molecule has 0 saturated carbocycles. The van der Waals surface area contributed by atoms with E-state index in [1.807, 2.05) is 145 Å². The smallest absolute Gasteiger partial charge is 0.253 e. The third-order valence-corrected chi connectivity index (χ3v) is 17.7. The zero-order chi connectivity index (χ0) is 67.1. The Morgan fingerprint density at radius 3 is 1.29 bits per heavy atom. The Hall–Kier alpha value is -11.3. The molecule has 9 heterocycles. The Balaban J connectivity index is 0.000000131. The van der Waals surface area contributed by atoms with Gasteiger partial charge in [0.1, 0.15) is 17.1 Å². The summed E-state index contributed by atoms with van der Waals surface area (Å²) in [5.74, 6) is 2.74. The van der Waals surface area contributed by atoms with Crippen LogP contribution in [0.2, 0.25) is 0 Å². The molecular weight excluding hydrogens is 1220 g/mol. The number of carbonyl (C=O) groups excluding carboxylic acids is 3. The number of anilines is 3. The van der Waals surface area contributed by atoms with Gasteiger partial charge < -0.3 is 62.0 Å². The molecule has 3 saturated heterocycles. The number of piperazine rings is 1. The summed E-state index contributed by atoms with van der Waals surface area (Å²) < 4.78 is 0. The van der Waals surface area contributed by atoms with Gasteiger partial charge in [-0.15, -0.1) is 0 Å². The number of para-hydroxylation sites is 2. The molecule has 0 aliphatic carbocycles. The first-order valence-corrected chi connectivity index (χ1v) is 32.7. The SMILES string of the molecule is Cc1ccc2nc(-c3nc(-c4ccc(C(=O)N5CCCN(C)CC5)cc4)cnc3N)[nH]c2c1.Cc1ccc2nc(-c3nc(-c4ccc(C(=O)N5CCN(C)CC5)cc4)cnc3N)[nH]c2c1.Nc1ncc(-c2ccc(C(=O)NCCN3CCCC3)cc2)nc1-c1nc2ccccc2[nH]1. The number of aromatic nitrogens is 12. The summed E-state index contributed by atoms with van der Waals surface area (Å²) in [6.45, 7) is 14.6. The maximum atomic E-state index is 13.0. The molecule has 10 N–H and O–H groups in total. The topological polar surface area (TPSA) is 321 Å². The van der Waals surface area contributed by atoms with Crippen LogP contribution in [0.1, 0.15) is 61.5 Å². The first-order valence-electron chi connectivity index (χ1n) is 32.7. The monoisotopic (exact) mass is 1300 g/mol. The highest BCUT2D eigenvalue weighted by Gasteiger charge is 2.24. The van der Waals surface area contributed by atoms with Crippen LogP contribution in [0.4, 0.5) is 17.5 Å². The van der Waals surface area contributed by atoms with Gasteiger partial charge in [-0.2, -0.15) is 0 Å². The van der Waals surface area contributed by atoms with E-state index < -0.39 is 0 Å². The van der Waals surface area contributed by atoms with Gasteiger partial charge in [0.2, 0.25) is 0 Å². The summed E-state index contributed by atoms with van der Waals surface area (Å²) in [5.41, 5.74) is 34.0. The molecule has 3 aliphatic heterocycles. The maximum absolute atomic E-state index is 13.0. The molecule has 12 aromatic rings. The number of likely N-dealkylation sites (N-methyl/N-ethyl adjacent to an activating group) is 2. The second-order valence-electron chi connectivity index (χ2n) is 24.9. The minimum absolute atomic E-state index is 0.0614. The van der Waals surface area contributed by atoms with Crippen molar-refractivity contribution in [2.45, 2.75) is 33.1 Å². The van der Waals surface area contributed by atoms with Gasteiger partial charge in [0.05, 0.1) is 68.8 Å². The summed E-state index contributed by atoms with van der Waals surface area (Å²) >= 11 is 0. The quantitative estimate of drug-likeness (QED) is 0.0599. The number of hydrogen-bond acceptors (Lipinski definition) is 18. The van der Waals surface area contributed by atoms with Crippen LogP contribution in [0.25, 0.3) is 101 Å². The first-order chi connectivity index (χ1) is 47.1. The summed E-state index contributed by atoms with van der Waals surface area (Å²) in [7, 11) is 4.17. The van der Waals surface area contributed by atoms with Gasteiger partial charge in [-0.1, -0.05) is 60.7 Å². The maximum Gasteiger partial charge on any atom is 0.253 e. The van der Waals surface area contributed by atoms with E-state index in [0.29, 0.717) is 92.3 Å². The number of aromatic amines is 3. The predicted octanol–water partition coefficient (Wildman–Crippen LogP) is 9.42. The number of H-pyrrole nitrogens is 3. The van der Waals surface area contributed by atoms with E-state index in [1.165, 1.54) is 12.8 Å². The van der Waals surface area contributed by atoms with E-state index in [1.54, 1.807) is 30.7 Å². The lowest BCUT2D eigenvalue weighted by Gasteiger charge is -2.32. The third-order valence-electron chi connectivity index (χ3n) is 17.7. The molecule has 3 amide bonds.